The highest BCUT2D eigenvalue weighted by Crippen LogP contribution is 2.17. The summed E-state index contributed by atoms with van der Waals surface area (Å²) >= 11 is 0. The van der Waals surface area contributed by atoms with E-state index < -0.39 is 29.3 Å². The number of carboxylic acid groups (broad SMARTS) is 2. The zero-order chi connectivity index (χ0) is 19.0. The molecule has 0 atom stereocenters. The third kappa shape index (κ3) is 7.30. The number of aromatic carboxylic acids is 1. The number of esters is 2. The molecule has 1 aromatic carbocycles. The summed E-state index contributed by atoms with van der Waals surface area (Å²) in [5, 5.41) is 17.3. The van der Waals surface area contributed by atoms with Crippen LogP contribution in [0.1, 0.15) is 34.6 Å². The van der Waals surface area contributed by atoms with Crippen LogP contribution in [-0.2, 0) is 19.1 Å². The van der Waals surface area contributed by atoms with Crippen molar-refractivity contribution in [3.63, 3.8) is 0 Å². The second kappa shape index (κ2) is 8.62. The zero-order valence-corrected chi connectivity index (χ0v) is 13.7. The Kier molecular flexibility index (Phi) is 6.86. The number of carboxylic acids is 2. The van der Waals surface area contributed by atoms with E-state index in [1.54, 1.807) is 13.8 Å². The van der Waals surface area contributed by atoms with Gasteiger partial charge in [0.05, 0.1) is 24.3 Å². The smallest absolute Gasteiger partial charge is 0.338 e. The van der Waals surface area contributed by atoms with E-state index in [0.29, 0.717) is 6.08 Å². The molecule has 8 heteroatoms. The molecule has 0 aliphatic carbocycles. The summed E-state index contributed by atoms with van der Waals surface area (Å²) in [7, 11) is 0. The summed E-state index contributed by atoms with van der Waals surface area (Å²) < 4.78 is 10.0. The van der Waals surface area contributed by atoms with Crippen molar-refractivity contribution in [2.24, 2.45) is 5.41 Å². The molecule has 0 amide bonds. The van der Waals surface area contributed by atoms with Crippen LogP contribution >= 0.6 is 0 Å². The first-order valence-corrected chi connectivity index (χ1v) is 7.19. The molecule has 1 rings (SSSR count). The maximum atomic E-state index is 12.0. The van der Waals surface area contributed by atoms with E-state index in [1.807, 2.05) is 0 Å². The molecule has 134 valence electrons. The molecule has 0 unspecified atom stereocenters. The summed E-state index contributed by atoms with van der Waals surface area (Å²) in [6, 6.07) is 5.42. The molecule has 0 fully saturated rings. The van der Waals surface area contributed by atoms with Crippen molar-refractivity contribution in [3.05, 3.63) is 47.5 Å². The highest BCUT2D eigenvalue weighted by atomic mass is 16.5. The minimum atomic E-state index is -1.27. The summed E-state index contributed by atoms with van der Waals surface area (Å²) in [5.41, 5.74) is -0.655. The van der Waals surface area contributed by atoms with Crippen LogP contribution in [0.25, 0.3) is 0 Å². The minimum Gasteiger partial charge on any atom is -0.478 e. The number of hydrogen-bond donors (Lipinski definition) is 2. The van der Waals surface area contributed by atoms with Crippen LogP contribution in [0.4, 0.5) is 0 Å². The molecule has 0 aliphatic heterocycles. The van der Waals surface area contributed by atoms with Gasteiger partial charge in [0.15, 0.2) is 0 Å². The highest BCUT2D eigenvalue weighted by molar-refractivity contribution is 5.94. The quantitative estimate of drug-likeness (QED) is 0.536. The van der Waals surface area contributed by atoms with Crippen LogP contribution in [0, 0.1) is 5.41 Å². The van der Waals surface area contributed by atoms with E-state index in [0.717, 1.165) is 6.08 Å². The number of benzene rings is 1. The maximum Gasteiger partial charge on any atom is 0.338 e. The fourth-order valence-corrected chi connectivity index (χ4v) is 1.62. The van der Waals surface area contributed by atoms with Crippen molar-refractivity contribution in [2.75, 3.05) is 13.2 Å². The van der Waals surface area contributed by atoms with E-state index in [4.69, 9.17) is 19.7 Å². The van der Waals surface area contributed by atoms with Gasteiger partial charge in [-0.3, -0.25) is 0 Å². The maximum absolute atomic E-state index is 12.0. The Bertz CT molecular complexity index is 702. The van der Waals surface area contributed by atoms with Gasteiger partial charge in [-0.1, -0.05) is 19.9 Å². The second-order valence-electron chi connectivity index (χ2n) is 5.91. The highest BCUT2D eigenvalue weighted by Gasteiger charge is 2.23. The lowest BCUT2D eigenvalue weighted by Crippen LogP contribution is -2.28. The van der Waals surface area contributed by atoms with E-state index in [9.17, 15) is 19.2 Å². The van der Waals surface area contributed by atoms with E-state index in [-0.39, 0.29) is 24.3 Å². The largest absolute Gasteiger partial charge is 0.478 e. The number of hydrogen-bond acceptors (Lipinski definition) is 6. The molecule has 0 aliphatic rings. The van der Waals surface area contributed by atoms with E-state index in [1.165, 1.54) is 24.3 Å². The van der Waals surface area contributed by atoms with Crippen molar-refractivity contribution in [1.29, 1.82) is 0 Å². The van der Waals surface area contributed by atoms with Gasteiger partial charge in [-0.15, -0.1) is 0 Å². The van der Waals surface area contributed by atoms with Gasteiger partial charge < -0.3 is 19.7 Å². The number of ether oxygens (including phenoxy) is 2. The van der Waals surface area contributed by atoms with Gasteiger partial charge in [0.25, 0.3) is 0 Å². The van der Waals surface area contributed by atoms with Crippen molar-refractivity contribution < 1.29 is 38.9 Å². The van der Waals surface area contributed by atoms with Crippen LogP contribution < -0.4 is 0 Å². The summed E-state index contributed by atoms with van der Waals surface area (Å²) in [6.45, 7) is 3.18. The minimum absolute atomic E-state index is 0.0344. The normalized spacial score (nSPS) is 11.1. The van der Waals surface area contributed by atoms with Gasteiger partial charge in [0.1, 0.15) is 0 Å². The molecule has 1 aromatic rings. The Morgan fingerprint density at radius 3 is 2.20 bits per heavy atom. The average Bonchev–Trinajstić information content (AvgIpc) is 2.56. The molecule has 25 heavy (non-hydrogen) atoms. The monoisotopic (exact) mass is 350 g/mol. The van der Waals surface area contributed by atoms with Crippen LogP contribution in [0.2, 0.25) is 0 Å². The summed E-state index contributed by atoms with van der Waals surface area (Å²) in [4.78, 5) is 44.5. The van der Waals surface area contributed by atoms with Gasteiger partial charge in [0, 0.05) is 17.6 Å². The van der Waals surface area contributed by atoms with Crippen molar-refractivity contribution in [1.82, 2.24) is 0 Å². The molecule has 0 radical (unpaired) electrons. The number of rotatable bonds is 8. The number of carbonyl (C=O) groups is 4. The fraction of sp³-hybridized carbons (Fsp3) is 0.294. The number of aliphatic carboxylic acids is 1. The second-order valence-corrected chi connectivity index (χ2v) is 5.91. The fourth-order valence-electron chi connectivity index (χ4n) is 1.62. The Hall–Kier alpha value is -3.16. The molecule has 0 saturated heterocycles. The summed E-state index contributed by atoms with van der Waals surface area (Å²) in [6.07, 6.45) is 1.44. The van der Waals surface area contributed by atoms with E-state index >= 15 is 0 Å². The van der Waals surface area contributed by atoms with Gasteiger partial charge in [-0.2, -0.15) is 0 Å². The van der Waals surface area contributed by atoms with Gasteiger partial charge >= 0.3 is 23.9 Å². The van der Waals surface area contributed by atoms with Gasteiger partial charge in [-0.05, 0) is 18.2 Å². The predicted molar refractivity (Wildman–Crippen MR) is 85.2 cm³/mol. The predicted octanol–water partition coefficient (Wildman–Crippen LogP) is 1.75. The van der Waals surface area contributed by atoms with Gasteiger partial charge in [-0.25, -0.2) is 19.2 Å². The lowest BCUT2D eigenvalue weighted by molar-refractivity contribution is -0.142. The Labute approximate surface area is 143 Å². The van der Waals surface area contributed by atoms with Crippen LogP contribution in [0.5, 0.6) is 0 Å². The van der Waals surface area contributed by atoms with Gasteiger partial charge in [0.2, 0.25) is 0 Å². The molecule has 0 aromatic heterocycles. The molecule has 2 N–H and O–H groups in total. The van der Waals surface area contributed by atoms with E-state index in [2.05, 4.69) is 0 Å². The van der Waals surface area contributed by atoms with Crippen molar-refractivity contribution in [3.8, 4) is 0 Å². The Morgan fingerprint density at radius 1 is 1.00 bits per heavy atom. The lowest BCUT2D eigenvalue weighted by Gasteiger charge is -2.23. The van der Waals surface area contributed by atoms with Crippen LogP contribution in [0.3, 0.4) is 0 Å². The Morgan fingerprint density at radius 2 is 1.60 bits per heavy atom. The molecule has 0 spiro atoms. The first-order valence-electron chi connectivity index (χ1n) is 7.19. The molecule has 0 heterocycles. The van der Waals surface area contributed by atoms with Crippen molar-refractivity contribution >= 4 is 23.9 Å². The lowest BCUT2D eigenvalue weighted by atomic mass is 9.96. The molecule has 0 bridgehead atoms. The summed E-state index contributed by atoms with van der Waals surface area (Å²) in [5.74, 6) is -3.95. The first-order chi connectivity index (χ1) is 11.6. The van der Waals surface area contributed by atoms with Crippen LogP contribution in [-0.4, -0.2) is 47.3 Å². The molecule has 8 nitrogen and oxygen atoms in total. The zero-order valence-electron chi connectivity index (χ0n) is 13.7. The average molecular weight is 350 g/mol. The Balaban J connectivity index is 2.56. The number of carbonyl (C=O) groups excluding carboxylic acids is 2. The SMILES string of the molecule is CC(C)(COC(=O)/C=C\C(=O)O)COC(=O)c1cccc(C(=O)O)c1. The topological polar surface area (TPSA) is 127 Å². The van der Waals surface area contributed by atoms with Crippen LogP contribution in [0.15, 0.2) is 36.4 Å². The first kappa shape index (κ1) is 19.9. The third-order valence-corrected chi connectivity index (χ3v) is 2.91. The molecular weight excluding hydrogens is 332 g/mol. The molecule has 0 saturated carbocycles. The third-order valence-electron chi connectivity index (χ3n) is 2.91. The standard InChI is InChI=1S/C17H18O8/c1-17(2,9-24-14(20)7-6-13(18)19)10-25-16(23)12-5-3-4-11(8-12)15(21)22/h3-8H,9-10H2,1-2H3,(H,18,19)(H,21,22)/b7-6-. The van der Waals surface area contributed by atoms with Crippen molar-refractivity contribution in [2.45, 2.75) is 13.8 Å². The molecular formula is C17H18O8.